The summed E-state index contributed by atoms with van der Waals surface area (Å²) in [4.78, 5) is 21.4. The molecule has 2 N–H and O–H groups in total. The molecule has 0 unspecified atom stereocenters. The van der Waals surface area contributed by atoms with Crippen molar-refractivity contribution in [3.05, 3.63) is 52.2 Å². The Balaban J connectivity index is 2.32. The van der Waals surface area contributed by atoms with Crippen molar-refractivity contribution in [3.8, 4) is 5.75 Å². The van der Waals surface area contributed by atoms with Crippen LogP contribution in [-0.4, -0.2) is 35.9 Å². The molecule has 0 aliphatic carbocycles. The highest BCUT2D eigenvalue weighted by Crippen LogP contribution is 2.41. The van der Waals surface area contributed by atoms with Gasteiger partial charge in [0.2, 0.25) is 0 Å². The van der Waals surface area contributed by atoms with E-state index in [9.17, 15) is 4.79 Å². The standard InChI is InChI=1S/C21H25N3O3S/c1-5-6-14(2)15(3)11-16(4)23-13-24-20-18(12-26)28-21-19(20)17(7-8-22-21)27-10-9-25/h5-8,11-13,25H,9-10H2,1-4H3,(H,23,24)/b6-5-,15-14-,16-11+. The lowest BCUT2D eigenvalue weighted by Crippen LogP contribution is -2.07. The Morgan fingerprint density at radius 1 is 1.36 bits per heavy atom. The Hall–Kier alpha value is -2.77. The van der Waals surface area contributed by atoms with Crippen LogP contribution in [0.2, 0.25) is 0 Å². The Bertz CT molecular complexity index is 955. The number of rotatable bonds is 9. The topological polar surface area (TPSA) is 83.8 Å². The van der Waals surface area contributed by atoms with Gasteiger partial charge in [0.1, 0.15) is 17.2 Å². The average Bonchev–Trinajstić information content (AvgIpc) is 3.04. The Labute approximate surface area is 169 Å². The molecule has 2 aromatic heterocycles. The SMILES string of the molecule is C\C=C/C(C)=C(C)\C=C(/C)NC=Nc1c(C=O)sc2nccc(OCCO)c12. The van der Waals surface area contributed by atoms with E-state index in [1.807, 2.05) is 32.9 Å². The fourth-order valence-electron chi connectivity index (χ4n) is 2.54. The molecule has 148 valence electrons. The summed E-state index contributed by atoms with van der Waals surface area (Å²) >= 11 is 1.26. The number of hydrogen-bond donors (Lipinski definition) is 2. The van der Waals surface area contributed by atoms with E-state index in [1.54, 1.807) is 18.6 Å². The molecule has 0 aliphatic heterocycles. The number of thiophene rings is 1. The van der Waals surface area contributed by atoms with E-state index in [1.165, 1.54) is 16.9 Å². The van der Waals surface area contributed by atoms with E-state index in [-0.39, 0.29) is 13.2 Å². The minimum atomic E-state index is -0.0991. The summed E-state index contributed by atoms with van der Waals surface area (Å²) in [6.45, 7) is 8.10. The van der Waals surface area contributed by atoms with Gasteiger partial charge in [0.15, 0.2) is 6.29 Å². The van der Waals surface area contributed by atoms with E-state index in [0.29, 0.717) is 26.5 Å². The Morgan fingerprint density at radius 3 is 2.82 bits per heavy atom. The second kappa shape index (κ2) is 10.5. The van der Waals surface area contributed by atoms with Gasteiger partial charge in [-0.05, 0) is 51.0 Å². The molecule has 0 aromatic carbocycles. The number of aromatic nitrogens is 1. The number of allylic oxidation sites excluding steroid dienone is 6. The summed E-state index contributed by atoms with van der Waals surface area (Å²) in [5.41, 5.74) is 3.76. The zero-order valence-electron chi connectivity index (χ0n) is 16.5. The van der Waals surface area contributed by atoms with Crippen molar-refractivity contribution < 1.29 is 14.6 Å². The molecule has 0 fully saturated rings. The van der Waals surface area contributed by atoms with Crippen molar-refractivity contribution in [2.45, 2.75) is 27.7 Å². The first kappa shape index (κ1) is 21.5. The van der Waals surface area contributed by atoms with Crippen LogP contribution in [0.4, 0.5) is 5.69 Å². The number of pyridine rings is 1. The largest absolute Gasteiger partial charge is 0.490 e. The van der Waals surface area contributed by atoms with Crippen molar-refractivity contribution in [1.82, 2.24) is 10.3 Å². The molecule has 6 nitrogen and oxygen atoms in total. The maximum absolute atomic E-state index is 11.5. The number of aldehydes is 1. The van der Waals surface area contributed by atoms with E-state index in [0.717, 1.165) is 17.6 Å². The second-order valence-electron chi connectivity index (χ2n) is 6.09. The Kier molecular flexibility index (Phi) is 8.10. The first-order valence-corrected chi connectivity index (χ1v) is 9.71. The van der Waals surface area contributed by atoms with Gasteiger partial charge < -0.3 is 15.2 Å². The molecule has 0 saturated heterocycles. The van der Waals surface area contributed by atoms with Gasteiger partial charge in [0, 0.05) is 11.9 Å². The molecule has 0 radical (unpaired) electrons. The number of ether oxygens (including phenoxy) is 1. The lowest BCUT2D eigenvalue weighted by atomic mass is 10.1. The van der Waals surface area contributed by atoms with E-state index < -0.39 is 0 Å². The lowest BCUT2D eigenvalue weighted by Gasteiger charge is -2.06. The molecular formula is C21H25N3O3S. The molecule has 0 saturated carbocycles. The lowest BCUT2D eigenvalue weighted by molar-refractivity contribution is 0.112. The van der Waals surface area contributed by atoms with Gasteiger partial charge in [-0.2, -0.15) is 0 Å². The number of carbonyl (C=O) groups excluding carboxylic acids is 1. The first-order chi connectivity index (χ1) is 13.5. The van der Waals surface area contributed by atoms with Gasteiger partial charge >= 0.3 is 0 Å². The molecular weight excluding hydrogens is 374 g/mol. The predicted octanol–water partition coefficient (Wildman–Crippen LogP) is 4.55. The summed E-state index contributed by atoms with van der Waals surface area (Å²) in [6.07, 6.45) is 10.0. The predicted molar refractivity (Wildman–Crippen MR) is 116 cm³/mol. The number of carbonyl (C=O) groups is 1. The molecule has 0 bridgehead atoms. The maximum Gasteiger partial charge on any atom is 0.162 e. The van der Waals surface area contributed by atoms with Gasteiger partial charge in [-0.15, -0.1) is 11.3 Å². The molecule has 0 atom stereocenters. The van der Waals surface area contributed by atoms with Crippen LogP contribution < -0.4 is 10.1 Å². The van der Waals surface area contributed by atoms with E-state index >= 15 is 0 Å². The van der Waals surface area contributed by atoms with Crippen molar-refractivity contribution in [2.24, 2.45) is 4.99 Å². The fraction of sp³-hybridized carbons (Fsp3) is 0.286. The van der Waals surface area contributed by atoms with Gasteiger partial charge in [-0.3, -0.25) is 4.79 Å². The van der Waals surface area contributed by atoms with Crippen LogP contribution in [0.5, 0.6) is 5.75 Å². The van der Waals surface area contributed by atoms with Gasteiger partial charge in [-0.1, -0.05) is 12.2 Å². The van der Waals surface area contributed by atoms with Gasteiger partial charge in [0.25, 0.3) is 0 Å². The number of aliphatic hydroxyl groups is 1. The van der Waals surface area contributed by atoms with Crippen molar-refractivity contribution in [3.63, 3.8) is 0 Å². The summed E-state index contributed by atoms with van der Waals surface area (Å²) < 4.78 is 5.58. The highest BCUT2D eigenvalue weighted by molar-refractivity contribution is 7.20. The summed E-state index contributed by atoms with van der Waals surface area (Å²) in [7, 11) is 0. The number of hydrogen-bond acceptors (Lipinski definition) is 6. The Morgan fingerprint density at radius 2 is 2.14 bits per heavy atom. The van der Waals surface area contributed by atoms with Gasteiger partial charge in [0.05, 0.1) is 28.9 Å². The molecule has 2 heterocycles. The smallest absolute Gasteiger partial charge is 0.162 e. The first-order valence-electron chi connectivity index (χ1n) is 8.89. The summed E-state index contributed by atoms with van der Waals surface area (Å²) in [5.74, 6) is 0.545. The average molecular weight is 400 g/mol. The third-order valence-corrected chi connectivity index (χ3v) is 4.98. The third kappa shape index (κ3) is 5.37. The van der Waals surface area contributed by atoms with Crippen LogP contribution in [0.1, 0.15) is 37.4 Å². The number of nitrogens with one attached hydrogen (secondary N) is 1. The minimum absolute atomic E-state index is 0.0991. The van der Waals surface area contributed by atoms with Crippen LogP contribution >= 0.6 is 11.3 Å². The van der Waals surface area contributed by atoms with Crippen LogP contribution in [0, 0.1) is 0 Å². The molecule has 7 heteroatoms. The zero-order valence-corrected chi connectivity index (χ0v) is 17.3. The van der Waals surface area contributed by atoms with Crippen LogP contribution in [0.15, 0.2) is 52.3 Å². The molecule has 0 amide bonds. The van der Waals surface area contributed by atoms with Gasteiger partial charge in [-0.25, -0.2) is 9.98 Å². The number of nitrogens with zero attached hydrogens (tertiary/aromatic N) is 2. The maximum atomic E-state index is 11.5. The van der Waals surface area contributed by atoms with E-state index in [2.05, 4.69) is 28.3 Å². The quantitative estimate of drug-likeness (QED) is 0.280. The van der Waals surface area contributed by atoms with E-state index in [4.69, 9.17) is 9.84 Å². The molecule has 2 aromatic rings. The molecule has 2 rings (SSSR count). The number of fused-ring (bicyclic) bond motifs is 1. The normalized spacial score (nSPS) is 13.4. The highest BCUT2D eigenvalue weighted by atomic mass is 32.1. The van der Waals surface area contributed by atoms with Crippen LogP contribution in [0.3, 0.4) is 0 Å². The monoisotopic (exact) mass is 399 g/mol. The summed E-state index contributed by atoms with van der Waals surface area (Å²) in [6, 6.07) is 1.70. The van der Waals surface area contributed by atoms with Crippen LogP contribution in [0.25, 0.3) is 10.2 Å². The van der Waals surface area contributed by atoms with Crippen molar-refractivity contribution in [1.29, 1.82) is 0 Å². The molecule has 0 aliphatic rings. The second-order valence-corrected chi connectivity index (χ2v) is 7.12. The minimum Gasteiger partial charge on any atom is -0.490 e. The van der Waals surface area contributed by atoms with Crippen molar-refractivity contribution >= 4 is 39.9 Å². The summed E-state index contributed by atoms with van der Waals surface area (Å²) in [5, 5.41) is 12.8. The number of aliphatic hydroxyl groups excluding tert-OH is 1. The molecule has 0 spiro atoms. The zero-order chi connectivity index (χ0) is 20.5. The third-order valence-electron chi connectivity index (χ3n) is 3.97. The van der Waals surface area contributed by atoms with Crippen molar-refractivity contribution in [2.75, 3.05) is 13.2 Å². The molecule has 28 heavy (non-hydrogen) atoms. The fourth-order valence-corrected chi connectivity index (χ4v) is 3.46. The number of aliphatic imine (C=N–C) groups is 1. The van der Waals surface area contributed by atoms with Crippen LogP contribution in [-0.2, 0) is 0 Å². The highest BCUT2D eigenvalue weighted by Gasteiger charge is 2.16.